The van der Waals surface area contributed by atoms with Crippen LogP contribution >= 0.6 is 0 Å². The standard InChI is InChI=1S/C14H29N3O/c1-4-5-9-17(12-6-7-12)10-8-13(14(15)18)16-11(2)3/h11-13,16H,4-10H2,1-3H3,(H2,15,18). The number of nitrogens with two attached hydrogens (primary N) is 1. The maximum absolute atomic E-state index is 11.4. The average molecular weight is 255 g/mol. The Balaban J connectivity index is 2.35. The Morgan fingerprint density at radius 3 is 2.50 bits per heavy atom. The Morgan fingerprint density at radius 1 is 1.39 bits per heavy atom. The third-order valence-electron chi connectivity index (χ3n) is 3.45. The molecule has 1 aliphatic rings. The number of nitrogens with zero attached hydrogens (tertiary/aromatic N) is 1. The van der Waals surface area contributed by atoms with Crippen LogP contribution in [0.5, 0.6) is 0 Å². The number of carbonyl (C=O) groups is 1. The van der Waals surface area contributed by atoms with Crippen molar-refractivity contribution in [3.63, 3.8) is 0 Å². The van der Waals surface area contributed by atoms with Gasteiger partial charge in [-0.2, -0.15) is 0 Å². The molecule has 0 aromatic heterocycles. The molecule has 18 heavy (non-hydrogen) atoms. The highest BCUT2D eigenvalue weighted by atomic mass is 16.1. The maximum Gasteiger partial charge on any atom is 0.234 e. The van der Waals surface area contributed by atoms with Crippen LogP contribution < -0.4 is 11.1 Å². The Morgan fingerprint density at radius 2 is 2.06 bits per heavy atom. The quantitative estimate of drug-likeness (QED) is 0.622. The van der Waals surface area contributed by atoms with Gasteiger partial charge in [0.1, 0.15) is 0 Å². The van der Waals surface area contributed by atoms with Crippen molar-refractivity contribution >= 4 is 5.91 Å². The molecule has 0 aromatic carbocycles. The van der Waals surface area contributed by atoms with E-state index in [0.717, 1.165) is 25.6 Å². The minimum atomic E-state index is -0.227. The first-order valence-corrected chi connectivity index (χ1v) is 7.34. The first kappa shape index (κ1) is 15.4. The van der Waals surface area contributed by atoms with Gasteiger partial charge in [-0.1, -0.05) is 27.2 Å². The Bertz CT molecular complexity index is 251. The molecule has 0 bridgehead atoms. The van der Waals surface area contributed by atoms with E-state index in [9.17, 15) is 4.79 Å². The first-order chi connectivity index (χ1) is 8.54. The Labute approximate surface area is 111 Å². The van der Waals surface area contributed by atoms with Crippen molar-refractivity contribution in [2.24, 2.45) is 5.73 Å². The van der Waals surface area contributed by atoms with Gasteiger partial charge in [-0.3, -0.25) is 4.79 Å². The lowest BCUT2D eigenvalue weighted by atomic mass is 10.1. The molecule has 1 saturated carbocycles. The van der Waals surface area contributed by atoms with Crippen molar-refractivity contribution < 1.29 is 4.79 Å². The second-order valence-corrected chi connectivity index (χ2v) is 5.69. The van der Waals surface area contributed by atoms with Gasteiger partial charge in [-0.25, -0.2) is 0 Å². The van der Waals surface area contributed by atoms with Gasteiger partial charge in [0, 0.05) is 18.6 Å². The molecule has 1 fully saturated rings. The van der Waals surface area contributed by atoms with Crippen LogP contribution in [0.15, 0.2) is 0 Å². The molecule has 1 aliphatic carbocycles. The van der Waals surface area contributed by atoms with Crippen LogP contribution in [0.25, 0.3) is 0 Å². The zero-order valence-electron chi connectivity index (χ0n) is 12.1. The van der Waals surface area contributed by atoms with Crippen LogP contribution in [0.3, 0.4) is 0 Å². The zero-order valence-corrected chi connectivity index (χ0v) is 12.1. The summed E-state index contributed by atoms with van der Waals surface area (Å²) < 4.78 is 0. The fraction of sp³-hybridized carbons (Fsp3) is 0.929. The minimum Gasteiger partial charge on any atom is -0.368 e. The number of primary amides is 1. The summed E-state index contributed by atoms with van der Waals surface area (Å²) in [6.45, 7) is 8.46. The highest BCUT2D eigenvalue weighted by molar-refractivity contribution is 5.79. The van der Waals surface area contributed by atoms with Crippen LogP contribution in [0.2, 0.25) is 0 Å². The van der Waals surface area contributed by atoms with E-state index in [1.165, 1.54) is 25.7 Å². The molecule has 0 spiro atoms. The molecule has 0 heterocycles. The average Bonchev–Trinajstić information content (AvgIpc) is 3.10. The molecule has 1 rings (SSSR count). The maximum atomic E-state index is 11.4. The summed E-state index contributed by atoms with van der Waals surface area (Å²) in [4.78, 5) is 13.9. The first-order valence-electron chi connectivity index (χ1n) is 7.34. The van der Waals surface area contributed by atoms with E-state index in [4.69, 9.17) is 5.73 Å². The van der Waals surface area contributed by atoms with Crippen LogP contribution in [0, 0.1) is 0 Å². The van der Waals surface area contributed by atoms with Crippen molar-refractivity contribution in [3.8, 4) is 0 Å². The summed E-state index contributed by atoms with van der Waals surface area (Å²) in [6, 6.07) is 0.879. The number of carbonyl (C=O) groups excluding carboxylic acids is 1. The summed E-state index contributed by atoms with van der Waals surface area (Å²) in [7, 11) is 0. The van der Waals surface area contributed by atoms with Gasteiger partial charge in [-0.15, -0.1) is 0 Å². The topological polar surface area (TPSA) is 58.4 Å². The third-order valence-corrected chi connectivity index (χ3v) is 3.45. The minimum absolute atomic E-state index is 0.187. The van der Waals surface area contributed by atoms with Gasteiger partial charge in [0.15, 0.2) is 0 Å². The lowest BCUT2D eigenvalue weighted by Crippen LogP contribution is -2.46. The zero-order chi connectivity index (χ0) is 13.5. The van der Waals surface area contributed by atoms with Gasteiger partial charge in [0.2, 0.25) is 5.91 Å². The molecule has 106 valence electrons. The molecule has 0 saturated heterocycles. The summed E-state index contributed by atoms with van der Waals surface area (Å²) in [5, 5.41) is 3.25. The number of amides is 1. The summed E-state index contributed by atoms with van der Waals surface area (Å²) in [6.07, 6.45) is 5.95. The van der Waals surface area contributed by atoms with Crippen molar-refractivity contribution in [2.45, 2.75) is 71.0 Å². The fourth-order valence-electron chi connectivity index (χ4n) is 2.28. The van der Waals surface area contributed by atoms with Gasteiger partial charge in [0.25, 0.3) is 0 Å². The molecule has 0 radical (unpaired) electrons. The fourth-order valence-corrected chi connectivity index (χ4v) is 2.28. The van der Waals surface area contributed by atoms with Crippen LogP contribution in [-0.4, -0.2) is 42.0 Å². The van der Waals surface area contributed by atoms with Crippen molar-refractivity contribution in [1.29, 1.82) is 0 Å². The van der Waals surface area contributed by atoms with E-state index >= 15 is 0 Å². The molecule has 3 N–H and O–H groups in total. The molecular weight excluding hydrogens is 226 g/mol. The molecular formula is C14H29N3O. The van der Waals surface area contributed by atoms with E-state index in [0.29, 0.717) is 6.04 Å². The molecule has 4 heteroatoms. The lowest BCUT2D eigenvalue weighted by Gasteiger charge is -2.25. The van der Waals surface area contributed by atoms with Crippen molar-refractivity contribution in [1.82, 2.24) is 10.2 Å². The number of hydrogen-bond donors (Lipinski definition) is 2. The van der Waals surface area contributed by atoms with Gasteiger partial charge < -0.3 is 16.0 Å². The third kappa shape index (κ3) is 5.83. The molecule has 4 nitrogen and oxygen atoms in total. The van der Waals surface area contributed by atoms with Crippen LogP contribution in [-0.2, 0) is 4.79 Å². The van der Waals surface area contributed by atoms with Crippen molar-refractivity contribution in [2.75, 3.05) is 13.1 Å². The normalized spacial score (nSPS) is 17.4. The lowest BCUT2D eigenvalue weighted by molar-refractivity contribution is -0.120. The molecule has 1 amide bonds. The molecule has 1 atom stereocenters. The summed E-state index contributed by atoms with van der Waals surface area (Å²) in [5.41, 5.74) is 5.44. The molecule has 1 unspecified atom stereocenters. The van der Waals surface area contributed by atoms with Crippen molar-refractivity contribution in [3.05, 3.63) is 0 Å². The van der Waals surface area contributed by atoms with Gasteiger partial charge in [-0.05, 0) is 32.2 Å². The van der Waals surface area contributed by atoms with Gasteiger partial charge in [0.05, 0.1) is 6.04 Å². The molecule has 0 aliphatic heterocycles. The van der Waals surface area contributed by atoms with Gasteiger partial charge >= 0.3 is 0 Å². The molecule has 0 aromatic rings. The number of unbranched alkanes of at least 4 members (excludes halogenated alkanes) is 1. The Hall–Kier alpha value is -0.610. The van der Waals surface area contributed by atoms with E-state index in [2.05, 4.69) is 17.1 Å². The van der Waals surface area contributed by atoms with E-state index in [-0.39, 0.29) is 11.9 Å². The predicted octanol–water partition coefficient (Wildman–Crippen LogP) is 1.49. The Kier molecular flexibility index (Phi) is 6.65. The van der Waals surface area contributed by atoms with E-state index in [1.54, 1.807) is 0 Å². The largest absolute Gasteiger partial charge is 0.368 e. The van der Waals surface area contributed by atoms with E-state index < -0.39 is 0 Å². The number of hydrogen-bond acceptors (Lipinski definition) is 3. The smallest absolute Gasteiger partial charge is 0.234 e. The number of nitrogens with one attached hydrogen (secondary N) is 1. The second-order valence-electron chi connectivity index (χ2n) is 5.69. The predicted molar refractivity (Wildman–Crippen MR) is 75.4 cm³/mol. The second kappa shape index (κ2) is 7.74. The highest BCUT2D eigenvalue weighted by Crippen LogP contribution is 2.27. The van der Waals surface area contributed by atoms with Crippen LogP contribution in [0.1, 0.15) is 52.9 Å². The monoisotopic (exact) mass is 255 g/mol. The summed E-state index contributed by atoms with van der Waals surface area (Å²) in [5.74, 6) is -0.227. The summed E-state index contributed by atoms with van der Waals surface area (Å²) >= 11 is 0. The SMILES string of the molecule is CCCCN(CCC(NC(C)C)C(N)=O)C1CC1. The van der Waals surface area contributed by atoms with E-state index in [1.807, 2.05) is 13.8 Å². The van der Waals surface area contributed by atoms with Crippen LogP contribution in [0.4, 0.5) is 0 Å². The highest BCUT2D eigenvalue weighted by Gasteiger charge is 2.29. The number of rotatable bonds is 10.